The van der Waals surface area contributed by atoms with Gasteiger partial charge >= 0.3 is 0 Å². The summed E-state index contributed by atoms with van der Waals surface area (Å²) in [6.45, 7) is 9.55. The van der Waals surface area contributed by atoms with E-state index in [0.717, 1.165) is 32.7 Å². The highest BCUT2D eigenvalue weighted by atomic mass is 35.5. The first-order valence-corrected chi connectivity index (χ1v) is 6.45. The molecule has 0 spiro atoms. The summed E-state index contributed by atoms with van der Waals surface area (Å²) >= 11 is 5.60. The second kappa shape index (κ2) is 6.69. The molecular weight excluding hydrogens is 212 g/mol. The summed E-state index contributed by atoms with van der Waals surface area (Å²) in [7, 11) is 0. The molecule has 1 N–H and O–H groups in total. The van der Waals surface area contributed by atoms with Crippen molar-refractivity contribution in [2.24, 2.45) is 0 Å². The highest BCUT2D eigenvalue weighted by molar-refractivity contribution is 6.18. The molecule has 0 aromatic rings. The maximum absolute atomic E-state index is 9.47. The van der Waals surface area contributed by atoms with Crippen molar-refractivity contribution in [2.75, 3.05) is 38.6 Å². The first-order valence-electron chi connectivity index (χ1n) is 5.91. The highest BCUT2D eigenvalue weighted by Crippen LogP contribution is 2.15. The van der Waals surface area contributed by atoms with Crippen molar-refractivity contribution in [1.29, 1.82) is 0 Å². The maximum atomic E-state index is 9.47. The number of alkyl halides is 1. The number of halogens is 1. The summed E-state index contributed by atoms with van der Waals surface area (Å²) in [6.07, 6.45) is 0.846. The van der Waals surface area contributed by atoms with Gasteiger partial charge in [-0.1, -0.05) is 13.8 Å². The van der Waals surface area contributed by atoms with E-state index in [1.165, 1.54) is 6.42 Å². The first kappa shape index (κ1) is 13.2. The molecule has 0 amide bonds. The van der Waals surface area contributed by atoms with Gasteiger partial charge in [-0.2, -0.15) is 0 Å². The Morgan fingerprint density at radius 2 is 2.13 bits per heavy atom. The van der Waals surface area contributed by atoms with Crippen molar-refractivity contribution >= 4 is 11.6 Å². The molecule has 1 saturated heterocycles. The first-order chi connectivity index (χ1) is 7.21. The molecule has 0 aliphatic carbocycles. The molecule has 1 aliphatic rings. The molecule has 0 bridgehead atoms. The minimum absolute atomic E-state index is 0.340. The van der Waals surface area contributed by atoms with Crippen LogP contribution < -0.4 is 0 Å². The second-order valence-corrected chi connectivity index (χ2v) is 4.54. The molecule has 1 aliphatic heterocycles. The van der Waals surface area contributed by atoms with Crippen LogP contribution in [0.15, 0.2) is 0 Å². The molecule has 2 atom stereocenters. The average molecular weight is 235 g/mol. The van der Waals surface area contributed by atoms with Crippen LogP contribution >= 0.6 is 11.6 Å². The lowest BCUT2D eigenvalue weighted by molar-refractivity contribution is 0.135. The van der Waals surface area contributed by atoms with E-state index in [9.17, 15) is 5.11 Å². The fourth-order valence-electron chi connectivity index (χ4n) is 2.36. The van der Waals surface area contributed by atoms with Gasteiger partial charge in [0.1, 0.15) is 0 Å². The topological polar surface area (TPSA) is 26.7 Å². The number of β-amino-alcohol motifs (C(OH)–C–C–N with tert-alkyl or cyclic N) is 1. The summed E-state index contributed by atoms with van der Waals surface area (Å²) in [4.78, 5) is 4.81. The lowest BCUT2D eigenvalue weighted by Gasteiger charge is -2.26. The van der Waals surface area contributed by atoms with Crippen molar-refractivity contribution in [3.05, 3.63) is 0 Å². The number of aliphatic hydroxyl groups excluding tert-OH is 1. The molecule has 90 valence electrons. The Morgan fingerprint density at radius 3 is 2.67 bits per heavy atom. The van der Waals surface area contributed by atoms with Crippen LogP contribution in [-0.4, -0.2) is 65.7 Å². The van der Waals surface area contributed by atoms with Crippen LogP contribution in [0.2, 0.25) is 0 Å². The predicted molar refractivity (Wildman–Crippen MR) is 64.5 cm³/mol. The van der Waals surface area contributed by atoms with Gasteiger partial charge in [-0.3, -0.25) is 9.80 Å². The molecule has 4 heteroatoms. The summed E-state index contributed by atoms with van der Waals surface area (Å²) in [5.74, 6) is 0.340. The Labute approximate surface area is 98.0 Å². The number of hydrogen-bond acceptors (Lipinski definition) is 3. The van der Waals surface area contributed by atoms with Crippen molar-refractivity contribution < 1.29 is 5.11 Å². The Hall–Kier alpha value is 0.170. The number of aliphatic hydroxyl groups is 1. The summed E-state index contributed by atoms with van der Waals surface area (Å²) in [5.41, 5.74) is 0. The zero-order valence-corrected chi connectivity index (χ0v) is 10.6. The van der Waals surface area contributed by atoms with Gasteiger partial charge < -0.3 is 5.11 Å². The lowest BCUT2D eigenvalue weighted by atomic mass is 10.2. The fourth-order valence-corrected chi connectivity index (χ4v) is 2.46. The van der Waals surface area contributed by atoms with Gasteiger partial charge in [0.05, 0.1) is 6.10 Å². The number of hydrogen-bond donors (Lipinski definition) is 1. The number of nitrogens with zero attached hydrogens (tertiary/aromatic N) is 2. The number of likely N-dealkylation sites (tertiary alicyclic amines) is 1. The molecule has 1 rings (SSSR count). The SMILES string of the molecule is CCN(CC)C1CCN(CC(O)CCl)C1. The van der Waals surface area contributed by atoms with Crippen LogP contribution in [0.4, 0.5) is 0 Å². The van der Waals surface area contributed by atoms with E-state index < -0.39 is 0 Å². The van der Waals surface area contributed by atoms with E-state index in [1.54, 1.807) is 0 Å². The fraction of sp³-hybridized carbons (Fsp3) is 1.00. The standard InChI is InChI=1S/C11H23ClN2O/c1-3-14(4-2)10-5-6-13(8-10)9-11(15)7-12/h10-11,15H,3-9H2,1-2H3. The smallest absolute Gasteiger partial charge is 0.0802 e. The van der Waals surface area contributed by atoms with Gasteiger partial charge in [0.2, 0.25) is 0 Å². The molecule has 1 fully saturated rings. The minimum atomic E-state index is -0.373. The molecular formula is C11H23ClN2O. The second-order valence-electron chi connectivity index (χ2n) is 4.23. The molecule has 2 unspecified atom stereocenters. The third-order valence-corrected chi connectivity index (χ3v) is 3.58. The Kier molecular flexibility index (Phi) is 5.90. The van der Waals surface area contributed by atoms with Gasteiger partial charge in [-0.25, -0.2) is 0 Å². The Bertz CT molecular complexity index is 176. The van der Waals surface area contributed by atoms with Crippen molar-refractivity contribution in [3.63, 3.8) is 0 Å². The third kappa shape index (κ3) is 3.91. The minimum Gasteiger partial charge on any atom is -0.391 e. The zero-order chi connectivity index (χ0) is 11.3. The molecule has 1 heterocycles. The Morgan fingerprint density at radius 1 is 1.47 bits per heavy atom. The molecule has 0 aromatic carbocycles. The van der Waals surface area contributed by atoms with Crippen LogP contribution in [0, 0.1) is 0 Å². The summed E-state index contributed by atoms with van der Waals surface area (Å²) in [5, 5.41) is 9.47. The normalized spacial score (nSPS) is 25.0. The van der Waals surface area contributed by atoms with E-state index in [0.29, 0.717) is 11.9 Å². The average Bonchev–Trinajstić information content (AvgIpc) is 2.68. The zero-order valence-electron chi connectivity index (χ0n) is 9.82. The molecule has 15 heavy (non-hydrogen) atoms. The van der Waals surface area contributed by atoms with Gasteiger partial charge in [0.15, 0.2) is 0 Å². The largest absolute Gasteiger partial charge is 0.391 e. The highest BCUT2D eigenvalue weighted by Gasteiger charge is 2.26. The van der Waals surface area contributed by atoms with Crippen molar-refractivity contribution in [3.8, 4) is 0 Å². The maximum Gasteiger partial charge on any atom is 0.0802 e. The summed E-state index contributed by atoms with van der Waals surface area (Å²) < 4.78 is 0. The molecule has 3 nitrogen and oxygen atoms in total. The van der Waals surface area contributed by atoms with Gasteiger partial charge in [-0.05, 0) is 26.1 Å². The number of likely N-dealkylation sites (N-methyl/N-ethyl adjacent to an activating group) is 1. The monoisotopic (exact) mass is 234 g/mol. The third-order valence-electron chi connectivity index (χ3n) is 3.22. The van der Waals surface area contributed by atoms with Gasteiger partial charge in [0.25, 0.3) is 0 Å². The summed E-state index contributed by atoms with van der Waals surface area (Å²) in [6, 6.07) is 0.669. The Balaban J connectivity index is 2.31. The lowest BCUT2D eigenvalue weighted by Crippen LogP contribution is -2.39. The van der Waals surface area contributed by atoms with E-state index in [-0.39, 0.29) is 6.10 Å². The van der Waals surface area contributed by atoms with Crippen LogP contribution in [0.1, 0.15) is 20.3 Å². The van der Waals surface area contributed by atoms with Crippen LogP contribution in [0.3, 0.4) is 0 Å². The van der Waals surface area contributed by atoms with Gasteiger partial charge in [0, 0.05) is 25.0 Å². The predicted octanol–water partition coefficient (Wildman–Crippen LogP) is 1.00. The van der Waals surface area contributed by atoms with E-state index in [2.05, 4.69) is 23.6 Å². The van der Waals surface area contributed by atoms with Crippen molar-refractivity contribution in [1.82, 2.24) is 9.80 Å². The van der Waals surface area contributed by atoms with Crippen molar-refractivity contribution in [2.45, 2.75) is 32.4 Å². The van der Waals surface area contributed by atoms with Crippen LogP contribution in [0.25, 0.3) is 0 Å². The molecule has 0 aromatic heterocycles. The van der Waals surface area contributed by atoms with Crippen LogP contribution in [-0.2, 0) is 0 Å². The van der Waals surface area contributed by atoms with Gasteiger partial charge in [-0.15, -0.1) is 11.6 Å². The van der Waals surface area contributed by atoms with E-state index in [1.807, 2.05) is 0 Å². The van der Waals surface area contributed by atoms with Crippen LogP contribution in [0.5, 0.6) is 0 Å². The molecule has 0 radical (unpaired) electrons. The van der Waals surface area contributed by atoms with E-state index >= 15 is 0 Å². The van der Waals surface area contributed by atoms with E-state index in [4.69, 9.17) is 11.6 Å². The number of rotatable bonds is 6. The quantitative estimate of drug-likeness (QED) is 0.695. The molecule has 0 saturated carbocycles.